The van der Waals surface area contributed by atoms with Crippen LogP contribution in [0.25, 0.3) is 0 Å². The van der Waals surface area contributed by atoms with Crippen molar-refractivity contribution >= 4 is 10.0 Å². The Bertz CT molecular complexity index is 799. The summed E-state index contributed by atoms with van der Waals surface area (Å²) in [5.74, 6) is -0.717. The van der Waals surface area contributed by atoms with E-state index in [4.69, 9.17) is 0 Å². The highest BCUT2D eigenvalue weighted by atomic mass is 32.2. The zero-order valence-electron chi connectivity index (χ0n) is 13.0. The average Bonchev–Trinajstić information content (AvgIpc) is 2.49. The SMILES string of the molecule is Cc1ccc(F)c(S(=O)(=O)NCC2(c3ccccc3)CCC2)c1. The van der Waals surface area contributed by atoms with Gasteiger partial charge in [-0.05, 0) is 43.0 Å². The van der Waals surface area contributed by atoms with Gasteiger partial charge in [-0.3, -0.25) is 0 Å². The summed E-state index contributed by atoms with van der Waals surface area (Å²) in [6.45, 7) is 2.04. The number of halogens is 1. The van der Waals surface area contributed by atoms with Crippen LogP contribution in [0.3, 0.4) is 0 Å². The molecule has 0 aromatic heterocycles. The van der Waals surface area contributed by atoms with E-state index in [0.717, 1.165) is 24.8 Å². The Hall–Kier alpha value is -1.72. The predicted octanol–water partition coefficient (Wildman–Crippen LogP) is 3.53. The first-order valence-corrected chi connectivity index (χ1v) is 9.23. The maximum absolute atomic E-state index is 13.9. The Morgan fingerprint density at radius 1 is 1.13 bits per heavy atom. The molecule has 0 atom stereocenters. The molecule has 5 heteroatoms. The highest BCUT2D eigenvalue weighted by Gasteiger charge is 2.39. The van der Waals surface area contributed by atoms with Crippen LogP contribution in [0.1, 0.15) is 30.4 Å². The molecule has 0 spiro atoms. The third-order valence-corrected chi connectivity index (χ3v) is 6.09. The second-order valence-corrected chi connectivity index (χ2v) is 7.99. The van der Waals surface area contributed by atoms with Gasteiger partial charge in [0.25, 0.3) is 0 Å². The quantitative estimate of drug-likeness (QED) is 0.910. The van der Waals surface area contributed by atoms with Crippen molar-refractivity contribution in [3.63, 3.8) is 0 Å². The van der Waals surface area contributed by atoms with Crippen LogP contribution in [0, 0.1) is 12.7 Å². The molecule has 0 bridgehead atoms. The maximum atomic E-state index is 13.9. The van der Waals surface area contributed by atoms with Gasteiger partial charge in [-0.1, -0.05) is 42.8 Å². The average molecular weight is 333 g/mol. The first kappa shape index (κ1) is 16.1. The fourth-order valence-electron chi connectivity index (χ4n) is 3.09. The Balaban J connectivity index is 1.83. The van der Waals surface area contributed by atoms with Crippen LogP contribution in [0.5, 0.6) is 0 Å². The molecule has 0 unspecified atom stereocenters. The highest BCUT2D eigenvalue weighted by Crippen LogP contribution is 2.43. The fraction of sp³-hybridized carbons (Fsp3) is 0.333. The minimum atomic E-state index is -3.86. The van der Waals surface area contributed by atoms with Crippen molar-refractivity contribution in [1.29, 1.82) is 0 Å². The molecule has 0 aliphatic heterocycles. The summed E-state index contributed by atoms with van der Waals surface area (Å²) in [5, 5.41) is 0. The van der Waals surface area contributed by atoms with Gasteiger partial charge in [0.1, 0.15) is 10.7 Å². The van der Waals surface area contributed by atoms with E-state index in [1.807, 2.05) is 30.3 Å². The molecule has 1 N–H and O–H groups in total. The molecule has 3 nitrogen and oxygen atoms in total. The van der Waals surface area contributed by atoms with Crippen molar-refractivity contribution in [2.24, 2.45) is 0 Å². The van der Waals surface area contributed by atoms with E-state index in [2.05, 4.69) is 4.72 Å². The lowest BCUT2D eigenvalue weighted by Gasteiger charge is -2.42. The van der Waals surface area contributed by atoms with E-state index in [9.17, 15) is 12.8 Å². The normalized spacial score (nSPS) is 16.8. The third kappa shape index (κ3) is 3.16. The van der Waals surface area contributed by atoms with Crippen molar-refractivity contribution in [2.45, 2.75) is 36.5 Å². The number of aryl methyl sites for hydroxylation is 1. The van der Waals surface area contributed by atoms with Crippen molar-refractivity contribution in [3.05, 3.63) is 65.5 Å². The molecule has 2 aromatic carbocycles. The van der Waals surface area contributed by atoms with Crippen molar-refractivity contribution in [3.8, 4) is 0 Å². The molecule has 0 saturated heterocycles. The zero-order valence-corrected chi connectivity index (χ0v) is 13.9. The summed E-state index contributed by atoms with van der Waals surface area (Å²) in [5.41, 5.74) is 1.68. The van der Waals surface area contributed by atoms with Gasteiger partial charge in [-0.25, -0.2) is 17.5 Å². The summed E-state index contributed by atoms with van der Waals surface area (Å²) in [7, 11) is -3.86. The van der Waals surface area contributed by atoms with Crippen LogP contribution in [-0.4, -0.2) is 15.0 Å². The van der Waals surface area contributed by atoms with Gasteiger partial charge in [0, 0.05) is 12.0 Å². The topological polar surface area (TPSA) is 46.2 Å². The summed E-state index contributed by atoms with van der Waals surface area (Å²) < 4.78 is 41.4. The lowest BCUT2D eigenvalue weighted by molar-refractivity contribution is 0.245. The minimum absolute atomic E-state index is 0.172. The van der Waals surface area contributed by atoms with Gasteiger partial charge >= 0.3 is 0 Å². The molecule has 0 amide bonds. The van der Waals surface area contributed by atoms with Crippen LogP contribution >= 0.6 is 0 Å². The van der Waals surface area contributed by atoms with Crippen LogP contribution in [-0.2, 0) is 15.4 Å². The number of nitrogens with one attached hydrogen (secondary N) is 1. The number of hydrogen-bond acceptors (Lipinski definition) is 2. The number of hydrogen-bond donors (Lipinski definition) is 1. The van der Waals surface area contributed by atoms with Crippen LogP contribution in [0.2, 0.25) is 0 Å². The molecule has 3 rings (SSSR count). The second kappa shape index (κ2) is 6.06. The van der Waals surface area contributed by atoms with Crippen LogP contribution < -0.4 is 4.72 Å². The second-order valence-electron chi connectivity index (χ2n) is 6.26. The predicted molar refractivity (Wildman–Crippen MR) is 88.3 cm³/mol. The summed E-state index contributed by atoms with van der Waals surface area (Å²) in [4.78, 5) is -0.278. The first-order valence-electron chi connectivity index (χ1n) is 7.74. The molecule has 23 heavy (non-hydrogen) atoms. The van der Waals surface area contributed by atoms with Crippen molar-refractivity contribution < 1.29 is 12.8 Å². The van der Waals surface area contributed by atoms with Gasteiger partial charge in [-0.15, -0.1) is 0 Å². The monoisotopic (exact) mass is 333 g/mol. The lowest BCUT2D eigenvalue weighted by Crippen LogP contribution is -2.45. The Morgan fingerprint density at radius 3 is 2.43 bits per heavy atom. The molecule has 1 fully saturated rings. The molecule has 0 heterocycles. The zero-order chi connectivity index (χ0) is 16.5. The van der Waals surface area contributed by atoms with Gasteiger partial charge in [0.05, 0.1) is 0 Å². The molecular formula is C18H20FNO2S. The number of benzene rings is 2. The standard InChI is InChI=1S/C18H20FNO2S/c1-14-8-9-16(19)17(12-14)23(21,22)20-13-18(10-5-11-18)15-6-3-2-4-7-15/h2-4,6-9,12,20H,5,10-11,13H2,1H3. The summed E-state index contributed by atoms with van der Waals surface area (Å²) in [6, 6.07) is 14.1. The minimum Gasteiger partial charge on any atom is -0.210 e. The van der Waals surface area contributed by atoms with Crippen LogP contribution in [0.4, 0.5) is 4.39 Å². The van der Waals surface area contributed by atoms with E-state index < -0.39 is 15.8 Å². The van der Waals surface area contributed by atoms with Crippen molar-refractivity contribution in [1.82, 2.24) is 4.72 Å². The maximum Gasteiger partial charge on any atom is 0.243 e. The first-order chi connectivity index (χ1) is 10.9. The Labute approximate surface area is 136 Å². The van der Waals surface area contributed by atoms with Gasteiger partial charge in [0.15, 0.2) is 0 Å². The fourth-order valence-corrected chi connectivity index (χ4v) is 4.38. The Morgan fingerprint density at radius 2 is 1.83 bits per heavy atom. The van der Waals surface area contributed by atoms with E-state index >= 15 is 0 Å². The summed E-state index contributed by atoms with van der Waals surface area (Å²) >= 11 is 0. The molecule has 2 aromatic rings. The molecule has 122 valence electrons. The number of sulfonamides is 1. The smallest absolute Gasteiger partial charge is 0.210 e. The van der Waals surface area contributed by atoms with E-state index in [0.29, 0.717) is 12.1 Å². The summed E-state index contributed by atoms with van der Waals surface area (Å²) in [6.07, 6.45) is 2.96. The Kier molecular flexibility index (Phi) is 4.25. The molecule has 1 aliphatic rings. The van der Waals surface area contributed by atoms with Gasteiger partial charge < -0.3 is 0 Å². The van der Waals surface area contributed by atoms with Gasteiger partial charge in [0.2, 0.25) is 10.0 Å². The molecular weight excluding hydrogens is 313 g/mol. The molecule has 1 aliphatic carbocycles. The van der Waals surface area contributed by atoms with Gasteiger partial charge in [-0.2, -0.15) is 0 Å². The van der Waals surface area contributed by atoms with E-state index in [-0.39, 0.29) is 10.3 Å². The van der Waals surface area contributed by atoms with Crippen molar-refractivity contribution in [2.75, 3.05) is 6.54 Å². The largest absolute Gasteiger partial charge is 0.243 e. The van der Waals surface area contributed by atoms with E-state index in [1.165, 1.54) is 12.1 Å². The third-order valence-electron chi connectivity index (χ3n) is 4.67. The molecule has 0 radical (unpaired) electrons. The van der Waals surface area contributed by atoms with E-state index in [1.54, 1.807) is 13.0 Å². The van der Waals surface area contributed by atoms with Crippen LogP contribution in [0.15, 0.2) is 53.4 Å². The highest BCUT2D eigenvalue weighted by molar-refractivity contribution is 7.89. The molecule has 1 saturated carbocycles. The number of rotatable bonds is 5. The lowest BCUT2D eigenvalue weighted by atomic mass is 9.64.